The number of hydrogen-bond donors (Lipinski definition) is 0. The van der Waals surface area contributed by atoms with E-state index in [-0.39, 0.29) is 5.97 Å². The predicted molar refractivity (Wildman–Crippen MR) is 111 cm³/mol. The summed E-state index contributed by atoms with van der Waals surface area (Å²) in [7, 11) is 0. The second kappa shape index (κ2) is 6.93. The zero-order valence-corrected chi connectivity index (χ0v) is 15.9. The molecule has 26 heavy (non-hydrogen) atoms. The van der Waals surface area contributed by atoms with E-state index in [0.29, 0.717) is 12.2 Å². The van der Waals surface area contributed by atoms with Crippen molar-refractivity contribution >= 4 is 43.4 Å². The summed E-state index contributed by atoms with van der Waals surface area (Å²) in [5.74, 6) is -0.299. The molecule has 0 aliphatic rings. The summed E-state index contributed by atoms with van der Waals surface area (Å²) in [5.41, 5.74) is 2.49. The molecule has 0 fully saturated rings. The first-order valence-corrected chi connectivity index (χ1v) is 9.36. The van der Waals surface area contributed by atoms with Crippen LogP contribution in [0.4, 0.5) is 0 Å². The van der Waals surface area contributed by atoms with Crippen LogP contribution < -0.4 is 0 Å². The second-order valence-electron chi connectivity index (χ2n) is 6.10. The van der Waals surface area contributed by atoms with Gasteiger partial charge in [0.15, 0.2) is 0 Å². The van der Waals surface area contributed by atoms with Crippen LogP contribution >= 0.6 is 15.9 Å². The second-order valence-corrected chi connectivity index (χ2v) is 7.02. The molecule has 0 bridgehead atoms. The maximum absolute atomic E-state index is 12.5. The van der Waals surface area contributed by atoms with E-state index in [2.05, 4.69) is 52.3 Å². The van der Waals surface area contributed by atoms with E-state index in [1.165, 1.54) is 10.8 Å². The van der Waals surface area contributed by atoms with Gasteiger partial charge in [0.2, 0.25) is 0 Å². The SMILES string of the molecule is CCOC(=O)c1ccc(Br)cc1-c1cc2ccccc2c2ccccc12. The molecule has 4 aromatic rings. The Bertz CT molecular complexity index is 1130. The molecule has 128 valence electrons. The minimum atomic E-state index is -0.299. The Morgan fingerprint density at radius 2 is 1.54 bits per heavy atom. The molecule has 0 N–H and O–H groups in total. The van der Waals surface area contributed by atoms with Gasteiger partial charge in [-0.3, -0.25) is 0 Å². The molecule has 0 saturated heterocycles. The van der Waals surface area contributed by atoms with Crippen LogP contribution in [0.15, 0.2) is 77.3 Å². The lowest BCUT2D eigenvalue weighted by molar-refractivity contribution is 0.0527. The summed E-state index contributed by atoms with van der Waals surface area (Å²) in [4.78, 5) is 12.5. The fourth-order valence-corrected chi connectivity index (χ4v) is 3.76. The van der Waals surface area contributed by atoms with E-state index < -0.39 is 0 Å². The number of carbonyl (C=O) groups excluding carboxylic acids is 1. The summed E-state index contributed by atoms with van der Waals surface area (Å²) < 4.78 is 6.20. The zero-order chi connectivity index (χ0) is 18.1. The number of benzene rings is 4. The number of fused-ring (bicyclic) bond motifs is 3. The van der Waals surface area contributed by atoms with Crippen molar-refractivity contribution in [1.29, 1.82) is 0 Å². The highest BCUT2D eigenvalue weighted by Gasteiger charge is 2.17. The zero-order valence-electron chi connectivity index (χ0n) is 14.3. The van der Waals surface area contributed by atoms with Gasteiger partial charge in [-0.05, 0) is 63.9 Å². The van der Waals surface area contributed by atoms with Crippen molar-refractivity contribution in [3.05, 3.63) is 82.8 Å². The molecule has 0 aliphatic heterocycles. The lowest BCUT2D eigenvalue weighted by Crippen LogP contribution is -2.06. The average molecular weight is 405 g/mol. The van der Waals surface area contributed by atoms with E-state index in [1.54, 1.807) is 0 Å². The molecular formula is C23H17BrO2. The largest absolute Gasteiger partial charge is 0.462 e. The molecule has 0 radical (unpaired) electrons. The van der Waals surface area contributed by atoms with Crippen LogP contribution in [-0.2, 0) is 4.74 Å². The minimum Gasteiger partial charge on any atom is -0.462 e. The van der Waals surface area contributed by atoms with Gasteiger partial charge in [-0.15, -0.1) is 0 Å². The average Bonchev–Trinajstić information content (AvgIpc) is 2.67. The monoisotopic (exact) mass is 404 g/mol. The molecule has 4 rings (SSSR count). The fraction of sp³-hybridized carbons (Fsp3) is 0.0870. The van der Waals surface area contributed by atoms with Crippen molar-refractivity contribution in [1.82, 2.24) is 0 Å². The van der Waals surface area contributed by atoms with Crippen molar-refractivity contribution in [3.8, 4) is 11.1 Å². The number of halogens is 1. The molecule has 4 aromatic carbocycles. The van der Waals surface area contributed by atoms with Crippen molar-refractivity contribution in [3.63, 3.8) is 0 Å². The van der Waals surface area contributed by atoms with E-state index >= 15 is 0 Å². The van der Waals surface area contributed by atoms with Crippen LogP contribution in [0.1, 0.15) is 17.3 Å². The van der Waals surface area contributed by atoms with Gasteiger partial charge in [0.1, 0.15) is 0 Å². The number of carbonyl (C=O) groups is 1. The summed E-state index contributed by atoms with van der Waals surface area (Å²) >= 11 is 3.54. The fourth-order valence-electron chi connectivity index (χ4n) is 3.40. The summed E-state index contributed by atoms with van der Waals surface area (Å²) in [6, 6.07) is 24.5. The molecule has 0 aliphatic carbocycles. The molecule has 0 saturated carbocycles. The van der Waals surface area contributed by atoms with Crippen molar-refractivity contribution < 1.29 is 9.53 Å². The summed E-state index contributed by atoms with van der Waals surface area (Å²) in [6.07, 6.45) is 0. The molecule has 0 aromatic heterocycles. The van der Waals surface area contributed by atoms with E-state index in [4.69, 9.17) is 4.74 Å². The first-order valence-electron chi connectivity index (χ1n) is 8.56. The van der Waals surface area contributed by atoms with E-state index in [0.717, 1.165) is 26.4 Å². The highest BCUT2D eigenvalue weighted by Crippen LogP contribution is 2.37. The molecule has 0 unspecified atom stereocenters. The molecule has 0 heterocycles. The highest BCUT2D eigenvalue weighted by atomic mass is 79.9. The maximum atomic E-state index is 12.5. The van der Waals surface area contributed by atoms with Crippen LogP contribution in [0.25, 0.3) is 32.7 Å². The molecule has 0 spiro atoms. The van der Waals surface area contributed by atoms with E-state index in [1.807, 2.05) is 43.3 Å². The third-order valence-electron chi connectivity index (χ3n) is 4.54. The Labute approximate surface area is 160 Å². The van der Waals surface area contributed by atoms with Crippen molar-refractivity contribution in [2.75, 3.05) is 6.61 Å². The lowest BCUT2D eigenvalue weighted by atomic mass is 9.91. The van der Waals surface area contributed by atoms with E-state index in [9.17, 15) is 4.79 Å². The summed E-state index contributed by atoms with van der Waals surface area (Å²) in [5, 5.41) is 4.65. The highest BCUT2D eigenvalue weighted by molar-refractivity contribution is 9.10. The molecule has 3 heteroatoms. The van der Waals surface area contributed by atoms with Gasteiger partial charge in [-0.25, -0.2) is 4.79 Å². The maximum Gasteiger partial charge on any atom is 0.338 e. The Balaban J connectivity index is 2.08. The normalized spacial score (nSPS) is 11.0. The predicted octanol–water partition coefficient (Wildman–Crippen LogP) is 6.60. The van der Waals surface area contributed by atoms with Gasteiger partial charge >= 0.3 is 5.97 Å². The summed E-state index contributed by atoms with van der Waals surface area (Å²) in [6.45, 7) is 2.18. The Kier molecular flexibility index (Phi) is 4.48. The third kappa shape index (κ3) is 2.89. The molecule has 0 atom stereocenters. The third-order valence-corrected chi connectivity index (χ3v) is 5.03. The Morgan fingerprint density at radius 1 is 0.846 bits per heavy atom. The number of esters is 1. The van der Waals surface area contributed by atoms with Gasteiger partial charge in [-0.2, -0.15) is 0 Å². The van der Waals surface area contributed by atoms with Crippen LogP contribution in [0.3, 0.4) is 0 Å². The van der Waals surface area contributed by atoms with Gasteiger partial charge in [0.05, 0.1) is 12.2 Å². The molecule has 2 nitrogen and oxygen atoms in total. The Hall–Kier alpha value is -2.65. The van der Waals surface area contributed by atoms with Crippen LogP contribution in [0.2, 0.25) is 0 Å². The lowest BCUT2D eigenvalue weighted by Gasteiger charge is -2.14. The minimum absolute atomic E-state index is 0.299. The molecular weight excluding hydrogens is 388 g/mol. The van der Waals surface area contributed by atoms with Gasteiger partial charge in [0.25, 0.3) is 0 Å². The standard InChI is InChI=1S/C23H17BrO2/c1-2-26-23(25)20-12-11-16(24)14-22(20)21-13-15-7-3-4-8-17(15)18-9-5-6-10-19(18)21/h3-14H,2H2,1H3. The first-order chi connectivity index (χ1) is 12.7. The van der Waals surface area contributed by atoms with Gasteiger partial charge in [-0.1, -0.05) is 64.5 Å². The quantitative estimate of drug-likeness (QED) is 0.284. The number of hydrogen-bond acceptors (Lipinski definition) is 2. The first kappa shape index (κ1) is 16.8. The van der Waals surface area contributed by atoms with Crippen LogP contribution in [0, 0.1) is 0 Å². The Morgan fingerprint density at radius 3 is 2.31 bits per heavy atom. The topological polar surface area (TPSA) is 26.3 Å². The smallest absolute Gasteiger partial charge is 0.338 e. The molecule has 0 amide bonds. The number of ether oxygens (including phenoxy) is 1. The van der Waals surface area contributed by atoms with Crippen LogP contribution in [0.5, 0.6) is 0 Å². The van der Waals surface area contributed by atoms with Crippen molar-refractivity contribution in [2.24, 2.45) is 0 Å². The number of rotatable bonds is 3. The van der Waals surface area contributed by atoms with Gasteiger partial charge < -0.3 is 4.74 Å². The van der Waals surface area contributed by atoms with Crippen LogP contribution in [-0.4, -0.2) is 12.6 Å². The van der Waals surface area contributed by atoms with Crippen molar-refractivity contribution in [2.45, 2.75) is 6.92 Å². The van der Waals surface area contributed by atoms with Gasteiger partial charge in [0, 0.05) is 4.47 Å².